The molecule has 0 saturated carbocycles. The molecule has 0 fully saturated rings. The number of para-hydroxylation sites is 1. The fraction of sp³-hybridized carbons (Fsp3) is 0.579. The lowest BCUT2D eigenvalue weighted by Crippen LogP contribution is -2.47. The summed E-state index contributed by atoms with van der Waals surface area (Å²) in [4.78, 5) is 18.8. The van der Waals surface area contributed by atoms with E-state index in [-0.39, 0.29) is 18.1 Å². The lowest BCUT2D eigenvalue weighted by atomic mass is 9.94. The maximum absolute atomic E-state index is 13.3. The minimum Gasteiger partial charge on any atom is -0.307 e. The van der Waals surface area contributed by atoms with Gasteiger partial charge in [-0.05, 0) is 31.4 Å². The number of hydrogen-bond donors (Lipinski definition) is 1. The van der Waals surface area contributed by atoms with E-state index in [4.69, 9.17) is 0 Å². The van der Waals surface area contributed by atoms with E-state index in [0.717, 1.165) is 0 Å². The highest BCUT2D eigenvalue weighted by molar-refractivity contribution is 8.14. The van der Waals surface area contributed by atoms with Gasteiger partial charge < -0.3 is 5.32 Å². The Kier molecular flexibility index (Phi) is 7.59. The lowest BCUT2D eigenvalue weighted by molar-refractivity contribution is -0.179. The molecule has 0 aliphatic carbocycles. The Morgan fingerprint density at radius 1 is 1.30 bits per heavy atom. The van der Waals surface area contributed by atoms with Crippen molar-refractivity contribution in [1.29, 1.82) is 0 Å². The van der Waals surface area contributed by atoms with Gasteiger partial charge in [0, 0.05) is 17.0 Å². The molecule has 150 valence electrons. The summed E-state index contributed by atoms with van der Waals surface area (Å²) in [6, 6.07) is 7.88. The van der Waals surface area contributed by atoms with Crippen LogP contribution < -0.4 is 5.32 Å². The molecule has 1 aromatic rings. The summed E-state index contributed by atoms with van der Waals surface area (Å²) in [5.74, 6) is -1.45. The number of urea groups is 1. The summed E-state index contributed by atoms with van der Waals surface area (Å²) < 4.78 is 39.9. The molecule has 2 amide bonds. The normalized spacial score (nSPS) is 19.3. The van der Waals surface area contributed by atoms with E-state index in [1.807, 2.05) is 13.0 Å². The number of hydrogen-bond acceptors (Lipinski definition) is 3. The van der Waals surface area contributed by atoms with Gasteiger partial charge in [-0.1, -0.05) is 50.7 Å². The number of amides is 2. The van der Waals surface area contributed by atoms with E-state index in [1.54, 1.807) is 31.2 Å². The molecule has 2 rings (SSSR count). The summed E-state index contributed by atoms with van der Waals surface area (Å²) in [6.45, 7) is 5.88. The molecule has 1 N–H and O–H groups in total. The second-order valence-electron chi connectivity index (χ2n) is 6.66. The van der Waals surface area contributed by atoms with Gasteiger partial charge in [-0.15, -0.1) is 0 Å². The van der Waals surface area contributed by atoms with Crippen LogP contribution in [0, 0.1) is 5.92 Å². The number of aliphatic imine (C=N–C) groups is 1. The molecule has 3 atom stereocenters. The predicted molar refractivity (Wildman–Crippen MR) is 105 cm³/mol. The minimum atomic E-state index is -4.28. The number of nitrogens with one attached hydrogen (secondary N) is 1. The Labute approximate surface area is 162 Å². The first kappa shape index (κ1) is 21.6. The summed E-state index contributed by atoms with van der Waals surface area (Å²) in [5, 5.41) is 3.49. The zero-order valence-corrected chi connectivity index (χ0v) is 16.6. The molecule has 0 radical (unpaired) electrons. The molecule has 3 unspecified atom stereocenters. The third-order valence-corrected chi connectivity index (χ3v) is 5.68. The van der Waals surface area contributed by atoms with E-state index < -0.39 is 24.2 Å². The molecule has 1 aromatic carbocycles. The summed E-state index contributed by atoms with van der Waals surface area (Å²) in [5.41, 5.74) is 0.599. The van der Waals surface area contributed by atoms with Crippen molar-refractivity contribution in [3.63, 3.8) is 0 Å². The largest absolute Gasteiger partial charge is 0.391 e. The van der Waals surface area contributed by atoms with Crippen LogP contribution in [0.4, 0.5) is 23.7 Å². The van der Waals surface area contributed by atoms with Crippen LogP contribution >= 0.6 is 11.8 Å². The number of carbonyl (C=O) groups is 1. The Hall–Kier alpha value is -1.70. The molecule has 4 nitrogen and oxygen atoms in total. The maximum Gasteiger partial charge on any atom is 0.391 e. The topological polar surface area (TPSA) is 44.7 Å². The van der Waals surface area contributed by atoms with Crippen molar-refractivity contribution in [3.05, 3.63) is 30.3 Å². The van der Waals surface area contributed by atoms with E-state index in [0.29, 0.717) is 23.8 Å². The number of alkyl halides is 3. The van der Waals surface area contributed by atoms with Gasteiger partial charge in [0.1, 0.15) is 0 Å². The van der Waals surface area contributed by atoms with Crippen LogP contribution in [-0.2, 0) is 0 Å². The molecular formula is C19H26F3N3OS. The highest BCUT2D eigenvalue weighted by atomic mass is 32.2. The first-order valence-corrected chi connectivity index (χ1v) is 10.1. The molecule has 1 heterocycles. The van der Waals surface area contributed by atoms with Crippen molar-refractivity contribution < 1.29 is 18.0 Å². The zero-order valence-electron chi connectivity index (χ0n) is 15.8. The van der Waals surface area contributed by atoms with Crippen LogP contribution in [0.2, 0.25) is 0 Å². The van der Waals surface area contributed by atoms with Gasteiger partial charge >= 0.3 is 12.2 Å². The Bertz CT molecular complexity index is 651. The monoisotopic (exact) mass is 401 g/mol. The van der Waals surface area contributed by atoms with E-state index in [2.05, 4.69) is 10.3 Å². The number of halogens is 3. The van der Waals surface area contributed by atoms with E-state index in [1.165, 1.54) is 23.6 Å². The maximum atomic E-state index is 13.3. The number of amidine groups is 1. The van der Waals surface area contributed by atoms with Crippen molar-refractivity contribution in [2.24, 2.45) is 10.9 Å². The fourth-order valence-corrected chi connectivity index (χ4v) is 4.03. The van der Waals surface area contributed by atoms with E-state index >= 15 is 0 Å². The molecule has 8 heteroatoms. The minimum absolute atomic E-state index is 0.00976. The molecule has 0 aromatic heterocycles. The molecule has 1 aliphatic rings. The zero-order chi connectivity index (χ0) is 20.0. The van der Waals surface area contributed by atoms with E-state index in [9.17, 15) is 18.0 Å². The van der Waals surface area contributed by atoms with Gasteiger partial charge in [-0.3, -0.25) is 9.89 Å². The Balaban J connectivity index is 2.25. The summed E-state index contributed by atoms with van der Waals surface area (Å²) in [7, 11) is 0. The quantitative estimate of drug-likeness (QED) is 0.658. The standard InChI is InChI=1S/C19H26F3N3OS/c1-4-14(19(20,21)22)11-16(5-2)25(18-23-12-13(3)27-18)17(26)24-15-9-7-6-8-10-15/h6-10,13-14,16H,4-5,11-12H2,1-3H3,(H,24,26). The number of rotatable bonds is 6. The molecular weight excluding hydrogens is 375 g/mol. The first-order valence-electron chi connectivity index (χ1n) is 9.19. The van der Waals surface area contributed by atoms with Gasteiger partial charge in [-0.25, -0.2) is 4.79 Å². The average molecular weight is 401 g/mol. The summed E-state index contributed by atoms with van der Waals surface area (Å²) in [6.07, 6.45) is -4.00. The average Bonchev–Trinajstić information content (AvgIpc) is 3.03. The highest BCUT2D eigenvalue weighted by Crippen LogP contribution is 2.35. The van der Waals surface area contributed by atoms with Gasteiger partial charge in [-0.2, -0.15) is 13.2 Å². The first-order chi connectivity index (χ1) is 12.8. The molecule has 0 spiro atoms. The van der Waals surface area contributed by atoms with Crippen molar-refractivity contribution in [1.82, 2.24) is 4.90 Å². The van der Waals surface area contributed by atoms with Crippen molar-refractivity contribution in [2.45, 2.75) is 57.5 Å². The van der Waals surface area contributed by atoms with Crippen LogP contribution in [-0.4, -0.2) is 40.1 Å². The number of thioether (sulfide) groups is 1. The third kappa shape index (κ3) is 5.89. The van der Waals surface area contributed by atoms with Gasteiger partial charge in [0.05, 0.1) is 12.5 Å². The molecule has 27 heavy (non-hydrogen) atoms. The highest BCUT2D eigenvalue weighted by Gasteiger charge is 2.42. The smallest absolute Gasteiger partial charge is 0.307 e. The van der Waals surface area contributed by atoms with Crippen molar-refractivity contribution >= 4 is 28.6 Å². The second-order valence-corrected chi connectivity index (χ2v) is 8.07. The summed E-state index contributed by atoms with van der Waals surface area (Å²) >= 11 is 1.43. The van der Waals surface area contributed by atoms with Gasteiger partial charge in [0.15, 0.2) is 5.17 Å². The Morgan fingerprint density at radius 3 is 2.44 bits per heavy atom. The SMILES string of the molecule is CCC(CC(CC)C(F)(F)F)N(C(=O)Nc1ccccc1)C1=NCC(C)S1. The molecule has 1 aliphatic heterocycles. The van der Waals surface area contributed by atoms with Crippen LogP contribution in [0.1, 0.15) is 40.0 Å². The number of anilines is 1. The number of carbonyl (C=O) groups excluding carboxylic acids is 1. The number of nitrogens with zero attached hydrogens (tertiary/aromatic N) is 2. The molecule has 0 bridgehead atoms. The van der Waals surface area contributed by atoms with Crippen LogP contribution in [0.25, 0.3) is 0 Å². The van der Waals surface area contributed by atoms with Crippen molar-refractivity contribution in [3.8, 4) is 0 Å². The second kappa shape index (κ2) is 9.48. The molecule has 0 saturated heterocycles. The predicted octanol–water partition coefficient (Wildman–Crippen LogP) is 5.77. The van der Waals surface area contributed by atoms with Gasteiger partial charge in [0.2, 0.25) is 0 Å². The lowest BCUT2D eigenvalue weighted by Gasteiger charge is -2.33. The fourth-order valence-electron chi connectivity index (χ4n) is 3.02. The van der Waals surface area contributed by atoms with Crippen molar-refractivity contribution in [2.75, 3.05) is 11.9 Å². The van der Waals surface area contributed by atoms with Crippen LogP contribution in [0.3, 0.4) is 0 Å². The number of benzene rings is 1. The third-order valence-electron chi connectivity index (χ3n) is 4.59. The van der Waals surface area contributed by atoms with Crippen LogP contribution in [0.5, 0.6) is 0 Å². The van der Waals surface area contributed by atoms with Gasteiger partial charge in [0.25, 0.3) is 0 Å². The Morgan fingerprint density at radius 2 is 1.96 bits per heavy atom. The van der Waals surface area contributed by atoms with Crippen LogP contribution in [0.15, 0.2) is 35.3 Å².